The largest absolute Gasteiger partial charge is 0.334 e. The lowest BCUT2D eigenvalue weighted by Crippen LogP contribution is -2.49. The van der Waals surface area contributed by atoms with Gasteiger partial charge in [0.15, 0.2) is 0 Å². The van der Waals surface area contributed by atoms with Crippen molar-refractivity contribution in [2.45, 2.75) is 44.3 Å². The molecule has 0 spiro atoms. The third-order valence-electron chi connectivity index (χ3n) is 5.33. The van der Waals surface area contributed by atoms with Crippen LogP contribution in [-0.2, 0) is 6.54 Å². The second-order valence-electron chi connectivity index (χ2n) is 6.94. The van der Waals surface area contributed by atoms with Gasteiger partial charge in [-0.15, -0.1) is 0 Å². The Hall–Kier alpha value is -2.34. The highest BCUT2D eigenvalue weighted by Crippen LogP contribution is 2.27. The number of rotatable bonds is 4. The fourth-order valence-corrected chi connectivity index (χ4v) is 4.01. The zero-order valence-electron chi connectivity index (χ0n) is 14.4. The van der Waals surface area contributed by atoms with Crippen molar-refractivity contribution >= 4 is 6.03 Å². The lowest BCUT2D eigenvalue weighted by Gasteiger charge is -2.32. The maximum atomic E-state index is 12.2. The van der Waals surface area contributed by atoms with Gasteiger partial charge in [0.25, 0.3) is 0 Å². The molecule has 2 N–H and O–H groups in total. The number of amides is 2. The Balaban J connectivity index is 1.27. The van der Waals surface area contributed by atoms with E-state index in [0.29, 0.717) is 18.6 Å². The van der Waals surface area contributed by atoms with Crippen LogP contribution in [0, 0.1) is 0 Å². The van der Waals surface area contributed by atoms with Gasteiger partial charge in [0.05, 0.1) is 5.69 Å². The summed E-state index contributed by atoms with van der Waals surface area (Å²) in [6.07, 6.45) is 8.52. The lowest BCUT2D eigenvalue weighted by molar-refractivity contribution is 0.179. The second kappa shape index (κ2) is 7.27. The van der Waals surface area contributed by atoms with Crippen molar-refractivity contribution in [1.82, 2.24) is 25.3 Å². The third kappa shape index (κ3) is 3.69. The van der Waals surface area contributed by atoms with Gasteiger partial charge in [0, 0.05) is 37.6 Å². The van der Waals surface area contributed by atoms with E-state index >= 15 is 0 Å². The van der Waals surface area contributed by atoms with Gasteiger partial charge in [-0.3, -0.25) is 4.90 Å². The number of hydrogen-bond donors (Lipinski definition) is 2. The molecule has 1 aromatic heterocycles. The molecule has 6 heteroatoms. The number of urea groups is 1. The molecule has 25 heavy (non-hydrogen) atoms. The molecular weight excluding hydrogens is 314 g/mol. The van der Waals surface area contributed by atoms with E-state index < -0.39 is 0 Å². The van der Waals surface area contributed by atoms with Gasteiger partial charge in [-0.05, 0) is 49.6 Å². The fourth-order valence-electron chi connectivity index (χ4n) is 4.01. The van der Waals surface area contributed by atoms with Crippen molar-refractivity contribution in [3.63, 3.8) is 0 Å². The van der Waals surface area contributed by atoms with Crippen LogP contribution in [0.4, 0.5) is 4.79 Å². The van der Waals surface area contributed by atoms with Crippen molar-refractivity contribution in [2.24, 2.45) is 0 Å². The molecule has 2 aliphatic heterocycles. The number of piperidine rings is 1. The predicted molar refractivity (Wildman–Crippen MR) is 96.6 cm³/mol. The quantitative estimate of drug-likeness (QED) is 0.898. The van der Waals surface area contributed by atoms with Crippen LogP contribution < -0.4 is 10.6 Å². The zero-order chi connectivity index (χ0) is 17.1. The highest BCUT2D eigenvalue weighted by Gasteiger charge is 2.36. The molecule has 0 saturated carbocycles. The summed E-state index contributed by atoms with van der Waals surface area (Å²) in [6, 6.07) is 10.7. The first-order chi connectivity index (χ1) is 12.3. The van der Waals surface area contributed by atoms with Gasteiger partial charge in [0.2, 0.25) is 0 Å². The van der Waals surface area contributed by atoms with E-state index in [9.17, 15) is 4.79 Å². The maximum absolute atomic E-state index is 12.2. The molecule has 2 amide bonds. The maximum Gasteiger partial charge on any atom is 0.315 e. The van der Waals surface area contributed by atoms with Crippen molar-refractivity contribution < 1.29 is 4.79 Å². The van der Waals surface area contributed by atoms with Crippen LogP contribution in [-0.4, -0.2) is 45.9 Å². The SMILES string of the molecule is O=C(NCc1ccc(-n2cccn2)cc1)NC1CCN2CCCCC12. The number of nitrogens with zero attached hydrogens (tertiary/aromatic N) is 3. The Kier molecular flexibility index (Phi) is 4.70. The van der Waals surface area contributed by atoms with Crippen molar-refractivity contribution in [1.29, 1.82) is 0 Å². The standard InChI is InChI=1S/C19H25N5O/c25-19(22-17-9-13-23-11-2-1-4-18(17)23)20-14-15-5-7-16(8-6-15)24-12-3-10-21-24/h3,5-8,10,12,17-18H,1-2,4,9,11,13-14H2,(H2,20,22,25). The second-order valence-corrected chi connectivity index (χ2v) is 6.94. The molecule has 0 bridgehead atoms. The number of carbonyl (C=O) groups is 1. The molecule has 0 radical (unpaired) electrons. The highest BCUT2D eigenvalue weighted by atomic mass is 16.2. The van der Waals surface area contributed by atoms with E-state index in [-0.39, 0.29) is 6.03 Å². The number of carbonyl (C=O) groups excluding carboxylic acids is 1. The minimum atomic E-state index is -0.0615. The topological polar surface area (TPSA) is 62.2 Å². The molecule has 2 fully saturated rings. The van der Waals surface area contributed by atoms with E-state index in [4.69, 9.17) is 0 Å². The first kappa shape index (κ1) is 16.1. The molecule has 2 saturated heterocycles. The Morgan fingerprint density at radius 1 is 1.16 bits per heavy atom. The minimum Gasteiger partial charge on any atom is -0.334 e. The summed E-state index contributed by atoms with van der Waals surface area (Å²) >= 11 is 0. The summed E-state index contributed by atoms with van der Waals surface area (Å²) in [5, 5.41) is 10.4. The Morgan fingerprint density at radius 2 is 2.04 bits per heavy atom. The molecule has 132 valence electrons. The Morgan fingerprint density at radius 3 is 2.84 bits per heavy atom. The van der Waals surface area contributed by atoms with Crippen LogP contribution in [0.15, 0.2) is 42.7 Å². The molecule has 6 nitrogen and oxygen atoms in total. The molecule has 3 heterocycles. The van der Waals surface area contributed by atoms with Crippen molar-refractivity contribution in [3.05, 3.63) is 48.3 Å². The number of aromatic nitrogens is 2. The van der Waals surface area contributed by atoms with Crippen LogP contribution in [0.25, 0.3) is 5.69 Å². The van der Waals surface area contributed by atoms with Crippen LogP contribution in [0.5, 0.6) is 0 Å². The van der Waals surface area contributed by atoms with Gasteiger partial charge in [-0.1, -0.05) is 18.6 Å². The van der Waals surface area contributed by atoms with Gasteiger partial charge >= 0.3 is 6.03 Å². The Bertz CT molecular complexity index is 697. The van der Waals surface area contributed by atoms with E-state index in [1.54, 1.807) is 6.20 Å². The first-order valence-corrected chi connectivity index (χ1v) is 9.17. The van der Waals surface area contributed by atoms with Gasteiger partial charge in [-0.2, -0.15) is 5.10 Å². The normalized spacial score (nSPS) is 23.2. The highest BCUT2D eigenvalue weighted by molar-refractivity contribution is 5.74. The summed E-state index contributed by atoms with van der Waals surface area (Å²) in [4.78, 5) is 14.8. The molecule has 2 aliphatic rings. The number of fused-ring (bicyclic) bond motifs is 1. The lowest BCUT2D eigenvalue weighted by atomic mass is 9.99. The minimum absolute atomic E-state index is 0.0615. The number of benzene rings is 1. The summed E-state index contributed by atoms with van der Waals surface area (Å²) < 4.78 is 1.82. The molecular formula is C19H25N5O. The summed E-state index contributed by atoms with van der Waals surface area (Å²) in [6.45, 7) is 2.84. The van der Waals surface area contributed by atoms with Gasteiger partial charge in [-0.25, -0.2) is 9.48 Å². The van der Waals surface area contributed by atoms with E-state index in [0.717, 1.165) is 24.2 Å². The average Bonchev–Trinajstić information content (AvgIpc) is 3.31. The number of hydrogen-bond acceptors (Lipinski definition) is 3. The van der Waals surface area contributed by atoms with Crippen molar-refractivity contribution in [3.8, 4) is 5.69 Å². The van der Waals surface area contributed by atoms with Crippen LogP contribution in [0.1, 0.15) is 31.2 Å². The Labute approximate surface area is 148 Å². The van der Waals surface area contributed by atoms with Gasteiger partial charge in [0.1, 0.15) is 0 Å². The van der Waals surface area contributed by atoms with E-state index in [1.807, 2.05) is 41.2 Å². The van der Waals surface area contributed by atoms with Crippen LogP contribution in [0.3, 0.4) is 0 Å². The monoisotopic (exact) mass is 339 g/mol. The van der Waals surface area contributed by atoms with Crippen molar-refractivity contribution in [2.75, 3.05) is 13.1 Å². The summed E-state index contributed by atoms with van der Waals surface area (Å²) in [7, 11) is 0. The average molecular weight is 339 g/mol. The van der Waals surface area contributed by atoms with E-state index in [1.165, 1.54) is 25.8 Å². The molecule has 4 rings (SSSR count). The summed E-state index contributed by atoms with van der Waals surface area (Å²) in [5.41, 5.74) is 2.10. The van der Waals surface area contributed by atoms with Crippen LogP contribution in [0.2, 0.25) is 0 Å². The molecule has 0 aliphatic carbocycles. The molecule has 1 aromatic carbocycles. The first-order valence-electron chi connectivity index (χ1n) is 9.17. The van der Waals surface area contributed by atoms with Crippen LogP contribution >= 0.6 is 0 Å². The smallest absolute Gasteiger partial charge is 0.315 e. The fraction of sp³-hybridized carbons (Fsp3) is 0.474. The van der Waals surface area contributed by atoms with E-state index in [2.05, 4.69) is 20.6 Å². The predicted octanol–water partition coefficient (Wildman–Crippen LogP) is 2.30. The third-order valence-corrected chi connectivity index (χ3v) is 5.33. The van der Waals surface area contributed by atoms with Gasteiger partial charge < -0.3 is 10.6 Å². The molecule has 2 atom stereocenters. The summed E-state index contributed by atoms with van der Waals surface area (Å²) in [5.74, 6) is 0. The molecule has 2 unspecified atom stereocenters. The molecule has 2 aromatic rings. The zero-order valence-corrected chi connectivity index (χ0v) is 14.4. The number of nitrogens with one attached hydrogen (secondary N) is 2.